The van der Waals surface area contributed by atoms with Crippen molar-refractivity contribution in [2.24, 2.45) is 5.41 Å². The summed E-state index contributed by atoms with van der Waals surface area (Å²) in [6, 6.07) is 4.98. The highest BCUT2D eigenvalue weighted by Crippen LogP contribution is 2.36. The van der Waals surface area contributed by atoms with Gasteiger partial charge in [-0.2, -0.15) is 5.26 Å². The third-order valence-electron chi connectivity index (χ3n) is 3.93. The molecule has 0 aliphatic carbocycles. The Morgan fingerprint density at radius 3 is 2.81 bits per heavy atom. The highest BCUT2D eigenvalue weighted by atomic mass is 16.4. The highest BCUT2D eigenvalue weighted by Gasteiger charge is 2.45. The molecule has 21 heavy (non-hydrogen) atoms. The second kappa shape index (κ2) is 5.92. The summed E-state index contributed by atoms with van der Waals surface area (Å²) in [6.45, 7) is 2.58. The van der Waals surface area contributed by atoms with Gasteiger partial charge in [0.2, 0.25) is 0 Å². The van der Waals surface area contributed by atoms with Crippen molar-refractivity contribution in [3.8, 4) is 6.07 Å². The Balaban J connectivity index is 2.14. The van der Waals surface area contributed by atoms with Gasteiger partial charge in [-0.15, -0.1) is 0 Å². The van der Waals surface area contributed by atoms with E-state index in [-0.39, 0.29) is 18.1 Å². The van der Waals surface area contributed by atoms with Crippen molar-refractivity contribution >= 4 is 11.9 Å². The summed E-state index contributed by atoms with van der Waals surface area (Å²) in [6.07, 6.45) is 3.15. The summed E-state index contributed by atoms with van der Waals surface area (Å²) in [5.41, 5.74) is -0.206. The number of likely N-dealkylation sites (tertiary alicyclic amines) is 1. The molecule has 0 spiro atoms. The second-order valence-electron chi connectivity index (χ2n) is 5.36. The summed E-state index contributed by atoms with van der Waals surface area (Å²) < 4.78 is 0. The average Bonchev–Trinajstić information content (AvgIpc) is 2.93. The predicted octanol–water partition coefficient (Wildman–Crippen LogP) is 1.67. The van der Waals surface area contributed by atoms with Crippen molar-refractivity contribution in [1.29, 1.82) is 5.26 Å². The van der Waals surface area contributed by atoms with Crippen LogP contribution in [0.5, 0.6) is 0 Å². The lowest BCUT2D eigenvalue weighted by Gasteiger charge is -2.24. The molecule has 0 bridgehead atoms. The number of rotatable bonds is 4. The number of hydrogen-bond donors (Lipinski definition) is 1. The van der Waals surface area contributed by atoms with Gasteiger partial charge in [-0.3, -0.25) is 9.59 Å². The Morgan fingerprint density at radius 1 is 1.52 bits per heavy atom. The van der Waals surface area contributed by atoms with Crippen LogP contribution < -0.4 is 0 Å². The van der Waals surface area contributed by atoms with Gasteiger partial charge >= 0.3 is 5.97 Å². The van der Waals surface area contributed by atoms with E-state index < -0.39 is 11.4 Å². The van der Waals surface area contributed by atoms with Crippen LogP contribution in [0.25, 0.3) is 0 Å². The van der Waals surface area contributed by atoms with Crippen LogP contribution in [-0.4, -0.2) is 40.0 Å². The van der Waals surface area contributed by atoms with Gasteiger partial charge in [-0.25, -0.2) is 4.98 Å². The Kier molecular flexibility index (Phi) is 4.22. The number of hydrogen-bond acceptors (Lipinski definition) is 4. The molecular formula is C15H17N3O3. The monoisotopic (exact) mass is 287 g/mol. The Hall–Kier alpha value is -2.42. The summed E-state index contributed by atoms with van der Waals surface area (Å²) in [7, 11) is 0. The number of aromatic nitrogens is 1. The van der Waals surface area contributed by atoms with Crippen molar-refractivity contribution in [3.05, 3.63) is 29.6 Å². The molecule has 1 aliphatic heterocycles. The molecule has 2 rings (SSSR count). The van der Waals surface area contributed by atoms with E-state index in [2.05, 4.69) is 4.98 Å². The molecule has 1 aliphatic rings. The maximum absolute atomic E-state index is 12.3. The number of carboxylic acids is 1. The summed E-state index contributed by atoms with van der Waals surface area (Å²) in [5.74, 6) is -1.12. The van der Waals surface area contributed by atoms with Gasteiger partial charge < -0.3 is 10.0 Å². The smallest absolute Gasteiger partial charge is 0.311 e. The summed E-state index contributed by atoms with van der Waals surface area (Å²) in [5, 5.41) is 18.2. The van der Waals surface area contributed by atoms with E-state index in [4.69, 9.17) is 5.26 Å². The van der Waals surface area contributed by atoms with Crippen LogP contribution in [0.2, 0.25) is 0 Å². The van der Waals surface area contributed by atoms with E-state index in [1.807, 2.05) is 13.0 Å². The van der Waals surface area contributed by atoms with Crippen LogP contribution in [0, 0.1) is 16.7 Å². The fourth-order valence-electron chi connectivity index (χ4n) is 2.76. The zero-order chi connectivity index (χ0) is 15.5. The zero-order valence-electron chi connectivity index (χ0n) is 11.9. The molecule has 0 radical (unpaired) electrons. The molecule has 1 aromatic heterocycles. The fourth-order valence-corrected chi connectivity index (χ4v) is 2.76. The van der Waals surface area contributed by atoms with Crippen molar-refractivity contribution in [2.75, 3.05) is 13.1 Å². The standard InChI is InChI=1S/C15H17N3O3/c1-2-5-15(14(20)21)6-7-18(10-15)13(19)12-4-3-11(8-16)9-17-12/h3-4,9H,2,5-7,10H2,1H3,(H,20,21). The molecule has 1 amide bonds. The van der Waals surface area contributed by atoms with Gasteiger partial charge in [0.15, 0.2) is 0 Å². The van der Waals surface area contributed by atoms with E-state index in [0.717, 1.165) is 6.42 Å². The molecule has 1 atom stereocenters. The van der Waals surface area contributed by atoms with E-state index in [1.54, 1.807) is 0 Å². The minimum atomic E-state index is -0.840. The molecule has 1 aromatic rings. The molecular weight excluding hydrogens is 270 g/mol. The van der Waals surface area contributed by atoms with Crippen LogP contribution in [0.1, 0.15) is 42.2 Å². The first-order valence-electron chi connectivity index (χ1n) is 6.91. The normalized spacial score (nSPS) is 21.0. The molecule has 110 valence electrons. The number of carbonyl (C=O) groups is 2. The van der Waals surface area contributed by atoms with E-state index >= 15 is 0 Å². The topological polar surface area (TPSA) is 94.3 Å². The molecule has 2 heterocycles. The second-order valence-corrected chi connectivity index (χ2v) is 5.36. The highest BCUT2D eigenvalue weighted by molar-refractivity contribution is 5.93. The molecule has 1 fully saturated rings. The number of aliphatic carboxylic acids is 1. The molecule has 1 N–H and O–H groups in total. The minimum absolute atomic E-state index is 0.219. The molecule has 6 nitrogen and oxygen atoms in total. The largest absolute Gasteiger partial charge is 0.481 e. The number of nitrogens with zero attached hydrogens (tertiary/aromatic N) is 3. The number of carbonyl (C=O) groups excluding carboxylic acids is 1. The number of pyridine rings is 1. The quantitative estimate of drug-likeness (QED) is 0.909. The van der Waals surface area contributed by atoms with Gasteiger partial charge in [-0.05, 0) is 25.0 Å². The summed E-state index contributed by atoms with van der Waals surface area (Å²) >= 11 is 0. The third kappa shape index (κ3) is 2.87. The Labute approximate surface area is 123 Å². The van der Waals surface area contributed by atoms with Crippen molar-refractivity contribution < 1.29 is 14.7 Å². The molecule has 0 saturated carbocycles. The van der Waals surface area contributed by atoms with Crippen molar-refractivity contribution in [1.82, 2.24) is 9.88 Å². The van der Waals surface area contributed by atoms with E-state index in [0.29, 0.717) is 24.9 Å². The molecule has 6 heteroatoms. The average molecular weight is 287 g/mol. The lowest BCUT2D eigenvalue weighted by Crippen LogP contribution is -2.37. The van der Waals surface area contributed by atoms with Crippen LogP contribution >= 0.6 is 0 Å². The first-order chi connectivity index (χ1) is 10.0. The molecule has 1 saturated heterocycles. The Morgan fingerprint density at radius 2 is 2.29 bits per heavy atom. The van der Waals surface area contributed by atoms with Crippen LogP contribution in [0.4, 0.5) is 0 Å². The molecule has 1 unspecified atom stereocenters. The predicted molar refractivity (Wildman–Crippen MR) is 74.4 cm³/mol. The maximum atomic E-state index is 12.3. The van der Waals surface area contributed by atoms with E-state index in [1.165, 1.54) is 23.2 Å². The van der Waals surface area contributed by atoms with Crippen LogP contribution in [-0.2, 0) is 4.79 Å². The van der Waals surface area contributed by atoms with Crippen LogP contribution in [0.3, 0.4) is 0 Å². The van der Waals surface area contributed by atoms with Crippen molar-refractivity contribution in [3.63, 3.8) is 0 Å². The first-order valence-corrected chi connectivity index (χ1v) is 6.91. The van der Waals surface area contributed by atoms with E-state index in [9.17, 15) is 14.7 Å². The lowest BCUT2D eigenvalue weighted by atomic mass is 9.83. The first kappa shape index (κ1) is 15.0. The number of amides is 1. The van der Waals surface area contributed by atoms with Gasteiger partial charge in [0.05, 0.1) is 11.0 Å². The maximum Gasteiger partial charge on any atom is 0.311 e. The van der Waals surface area contributed by atoms with Crippen molar-refractivity contribution in [2.45, 2.75) is 26.2 Å². The Bertz CT molecular complexity index is 591. The SMILES string of the molecule is CCCC1(C(=O)O)CCN(C(=O)c2ccc(C#N)cn2)C1. The minimum Gasteiger partial charge on any atom is -0.481 e. The lowest BCUT2D eigenvalue weighted by molar-refractivity contribution is -0.148. The fraction of sp³-hybridized carbons (Fsp3) is 0.467. The van der Waals surface area contributed by atoms with Gasteiger partial charge in [0.1, 0.15) is 11.8 Å². The molecule has 0 aromatic carbocycles. The van der Waals surface area contributed by atoms with Gasteiger partial charge in [0.25, 0.3) is 5.91 Å². The van der Waals surface area contributed by atoms with Gasteiger partial charge in [-0.1, -0.05) is 13.3 Å². The van der Waals surface area contributed by atoms with Crippen LogP contribution in [0.15, 0.2) is 18.3 Å². The third-order valence-corrected chi connectivity index (χ3v) is 3.93. The summed E-state index contributed by atoms with van der Waals surface area (Å²) in [4.78, 5) is 29.4. The number of nitriles is 1. The number of carboxylic acid groups (broad SMARTS) is 1. The van der Waals surface area contributed by atoms with Gasteiger partial charge in [0, 0.05) is 19.3 Å². The zero-order valence-corrected chi connectivity index (χ0v) is 11.9.